The van der Waals surface area contributed by atoms with Crippen molar-refractivity contribution in [1.29, 1.82) is 0 Å². The first kappa shape index (κ1) is 8.41. The molecule has 2 heteroatoms. The molecule has 1 heterocycles. The molecular formula is C8H17NS. The van der Waals surface area contributed by atoms with Crippen LogP contribution in [0.2, 0.25) is 0 Å². The lowest BCUT2D eigenvalue weighted by Crippen LogP contribution is -2.25. The minimum Gasteiger partial charge on any atom is -0.303 e. The summed E-state index contributed by atoms with van der Waals surface area (Å²) in [5, 5.41) is 0. The summed E-state index contributed by atoms with van der Waals surface area (Å²) >= 11 is 1.96. The van der Waals surface area contributed by atoms with Gasteiger partial charge < -0.3 is 4.90 Å². The Hall–Kier alpha value is 0.310. The molecule has 1 fully saturated rings. The van der Waals surface area contributed by atoms with Gasteiger partial charge in [0.05, 0.1) is 0 Å². The largest absolute Gasteiger partial charge is 0.303 e. The van der Waals surface area contributed by atoms with Crippen LogP contribution in [0.3, 0.4) is 0 Å². The summed E-state index contributed by atoms with van der Waals surface area (Å²) < 4.78 is 0. The topological polar surface area (TPSA) is 3.24 Å². The van der Waals surface area contributed by atoms with Crippen molar-refractivity contribution < 1.29 is 0 Å². The van der Waals surface area contributed by atoms with E-state index >= 15 is 0 Å². The van der Waals surface area contributed by atoms with Crippen LogP contribution in [0.15, 0.2) is 0 Å². The van der Waals surface area contributed by atoms with Crippen LogP contribution in [0.4, 0.5) is 0 Å². The van der Waals surface area contributed by atoms with E-state index in [2.05, 4.69) is 18.2 Å². The molecule has 10 heavy (non-hydrogen) atoms. The van der Waals surface area contributed by atoms with Gasteiger partial charge in [0, 0.05) is 6.04 Å². The molecule has 1 saturated heterocycles. The first-order valence-corrected chi connectivity index (χ1v) is 5.43. The van der Waals surface area contributed by atoms with E-state index in [1.165, 1.54) is 31.6 Å². The molecule has 0 unspecified atom stereocenters. The van der Waals surface area contributed by atoms with E-state index in [1.54, 1.807) is 0 Å². The second-order valence-corrected chi connectivity index (χ2v) is 4.04. The molecule has 0 bridgehead atoms. The van der Waals surface area contributed by atoms with Gasteiger partial charge in [0.15, 0.2) is 0 Å². The fourth-order valence-corrected chi connectivity index (χ4v) is 2.11. The number of nitrogens with zero attached hydrogens (tertiary/aromatic N) is 1. The van der Waals surface area contributed by atoms with Crippen molar-refractivity contribution >= 4 is 11.8 Å². The van der Waals surface area contributed by atoms with Crippen molar-refractivity contribution in [3.63, 3.8) is 0 Å². The van der Waals surface area contributed by atoms with Crippen LogP contribution in [0.1, 0.15) is 19.3 Å². The van der Waals surface area contributed by atoms with E-state index < -0.39 is 0 Å². The lowest BCUT2D eigenvalue weighted by atomic mass is 10.2. The van der Waals surface area contributed by atoms with Crippen LogP contribution in [0.25, 0.3) is 0 Å². The Bertz CT molecular complexity index is 95.3. The smallest absolute Gasteiger partial charge is 0.0100 e. The van der Waals surface area contributed by atoms with Crippen LogP contribution in [0.5, 0.6) is 0 Å². The molecule has 0 radical (unpaired) electrons. The standard InChI is InChI=1S/C8H17NS/c1-9-6-3-4-8(9)5-7-10-2/h8H,3-7H2,1-2H3/t8-/m0/s1. The van der Waals surface area contributed by atoms with Gasteiger partial charge in [0.25, 0.3) is 0 Å². The normalized spacial score (nSPS) is 27.6. The lowest BCUT2D eigenvalue weighted by molar-refractivity contribution is 0.305. The summed E-state index contributed by atoms with van der Waals surface area (Å²) in [7, 11) is 2.25. The van der Waals surface area contributed by atoms with Crippen molar-refractivity contribution in [2.45, 2.75) is 25.3 Å². The van der Waals surface area contributed by atoms with E-state index in [4.69, 9.17) is 0 Å². The first-order valence-electron chi connectivity index (χ1n) is 4.04. The monoisotopic (exact) mass is 159 g/mol. The Balaban J connectivity index is 2.14. The van der Waals surface area contributed by atoms with Crippen LogP contribution in [0, 0.1) is 0 Å². The van der Waals surface area contributed by atoms with Crippen molar-refractivity contribution in [1.82, 2.24) is 4.90 Å². The van der Waals surface area contributed by atoms with Gasteiger partial charge in [-0.15, -0.1) is 0 Å². The van der Waals surface area contributed by atoms with Gasteiger partial charge in [-0.05, 0) is 44.9 Å². The molecule has 1 atom stereocenters. The van der Waals surface area contributed by atoms with Gasteiger partial charge in [-0.1, -0.05) is 0 Å². The fourth-order valence-electron chi connectivity index (χ4n) is 1.60. The number of rotatable bonds is 3. The van der Waals surface area contributed by atoms with Crippen LogP contribution >= 0.6 is 11.8 Å². The predicted octanol–water partition coefficient (Wildman–Crippen LogP) is 1.83. The molecule has 0 aromatic rings. The van der Waals surface area contributed by atoms with E-state index in [9.17, 15) is 0 Å². The van der Waals surface area contributed by atoms with Gasteiger partial charge in [-0.25, -0.2) is 0 Å². The highest BCUT2D eigenvalue weighted by Gasteiger charge is 2.19. The predicted molar refractivity (Wildman–Crippen MR) is 48.7 cm³/mol. The molecule has 0 saturated carbocycles. The third-order valence-corrected chi connectivity index (χ3v) is 2.97. The van der Waals surface area contributed by atoms with Crippen molar-refractivity contribution in [2.75, 3.05) is 25.6 Å². The molecule has 0 aromatic carbocycles. The summed E-state index contributed by atoms with van der Waals surface area (Å²) in [4.78, 5) is 2.50. The van der Waals surface area contributed by atoms with Gasteiger partial charge in [0.1, 0.15) is 0 Å². The SMILES string of the molecule is CSCC[C@@H]1CCCN1C. The van der Waals surface area contributed by atoms with Gasteiger partial charge in [-0.2, -0.15) is 11.8 Å². The Morgan fingerprint density at radius 3 is 2.90 bits per heavy atom. The zero-order valence-electron chi connectivity index (χ0n) is 6.97. The third-order valence-electron chi connectivity index (χ3n) is 2.33. The Morgan fingerprint density at radius 2 is 2.40 bits per heavy atom. The summed E-state index contributed by atoms with van der Waals surface area (Å²) in [5.41, 5.74) is 0. The highest BCUT2D eigenvalue weighted by atomic mass is 32.2. The van der Waals surface area contributed by atoms with Crippen LogP contribution < -0.4 is 0 Å². The highest BCUT2D eigenvalue weighted by molar-refractivity contribution is 7.98. The van der Waals surface area contributed by atoms with Crippen LogP contribution in [-0.2, 0) is 0 Å². The second kappa shape index (κ2) is 4.24. The minimum atomic E-state index is 0.896. The highest BCUT2D eigenvalue weighted by Crippen LogP contribution is 2.18. The molecule has 1 nitrogen and oxygen atoms in total. The molecule has 1 rings (SSSR count). The van der Waals surface area contributed by atoms with Gasteiger partial charge >= 0.3 is 0 Å². The summed E-state index contributed by atoms with van der Waals surface area (Å²) in [6.45, 7) is 1.32. The average molecular weight is 159 g/mol. The third kappa shape index (κ3) is 2.17. The Labute approximate surface area is 68.2 Å². The quantitative estimate of drug-likeness (QED) is 0.618. The van der Waals surface area contributed by atoms with Crippen molar-refractivity contribution in [3.8, 4) is 0 Å². The maximum absolute atomic E-state index is 2.50. The van der Waals surface area contributed by atoms with E-state index in [0.717, 1.165) is 6.04 Å². The number of hydrogen-bond donors (Lipinski definition) is 0. The van der Waals surface area contributed by atoms with Gasteiger partial charge in [-0.3, -0.25) is 0 Å². The number of thioether (sulfide) groups is 1. The Morgan fingerprint density at radius 1 is 1.60 bits per heavy atom. The zero-order chi connectivity index (χ0) is 7.40. The molecular weight excluding hydrogens is 142 g/mol. The Kier molecular flexibility index (Phi) is 3.57. The molecule has 0 aromatic heterocycles. The average Bonchev–Trinajstić information content (AvgIpc) is 2.31. The first-order chi connectivity index (χ1) is 4.84. The maximum Gasteiger partial charge on any atom is 0.0100 e. The number of likely N-dealkylation sites (tertiary alicyclic amines) is 1. The summed E-state index contributed by atoms with van der Waals surface area (Å²) in [6.07, 6.45) is 6.42. The molecule has 0 N–H and O–H groups in total. The molecule has 0 amide bonds. The second-order valence-electron chi connectivity index (χ2n) is 3.06. The molecule has 1 aliphatic heterocycles. The zero-order valence-corrected chi connectivity index (χ0v) is 7.78. The number of hydrogen-bond acceptors (Lipinski definition) is 2. The summed E-state index contributed by atoms with van der Waals surface area (Å²) in [5.74, 6) is 1.33. The fraction of sp³-hybridized carbons (Fsp3) is 1.00. The van der Waals surface area contributed by atoms with Crippen molar-refractivity contribution in [3.05, 3.63) is 0 Å². The maximum atomic E-state index is 2.50. The van der Waals surface area contributed by atoms with E-state index in [1.807, 2.05) is 11.8 Å². The molecule has 60 valence electrons. The molecule has 0 spiro atoms. The lowest BCUT2D eigenvalue weighted by Gasteiger charge is -2.18. The van der Waals surface area contributed by atoms with E-state index in [0.29, 0.717) is 0 Å². The van der Waals surface area contributed by atoms with Crippen molar-refractivity contribution in [2.24, 2.45) is 0 Å². The van der Waals surface area contributed by atoms with Crippen LogP contribution in [-0.4, -0.2) is 36.5 Å². The van der Waals surface area contributed by atoms with Gasteiger partial charge in [0.2, 0.25) is 0 Å². The summed E-state index contributed by atoms with van der Waals surface area (Å²) in [6, 6.07) is 0.896. The van der Waals surface area contributed by atoms with E-state index in [-0.39, 0.29) is 0 Å². The molecule has 1 aliphatic rings. The minimum absolute atomic E-state index is 0.896. The molecule has 0 aliphatic carbocycles.